The van der Waals surface area contributed by atoms with Crippen molar-refractivity contribution in [1.82, 2.24) is 0 Å². The third-order valence-electron chi connectivity index (χ3n) is 3.16. The molecule has 0 bridgehead atoms. The Morgan fingerprint density at radius 1 is 1.28 bits per heavy atom. The molecule has 0 aromatic heterocycles. The summed E-state index contributed by atoms with van der Waals surface area (Å²) in [7, 11) is 0.152. The summed E-state index contributed by atoms with van der Waals surface area (Å²) in [4.78, 5) is 12.3. The van der Waals surface area contributed by atoms with Gasteiger partial charge in [0.05, 0.1) is 23.8 Å². The molecule has 0 aliphatic carbocycles. The van der Waals surface area contributed by atoms with Crippen LogP contribution >= 0.6 is 0 Å². The third-order valence-corrected chi connectivity index (χ3v) is 5.14. The number of carbonyl (C=O) groups is 1. The van der Waals surface area contributed by atoms with E-state index in [9.17, 15) is 9.00 Å². The Labute approximate surface area is 111 Å². The van der Waals surface area contributed by atoms with Crippen LogP contribution in [0.5, 0.6) is 0 Å². The van der Waals surface area contributed by atoms with Gasteiger partial charge in [-0.1, -0.05) is 24.6 Å². The van der Waals surface area contributed by atoms with Crippen LogP contribution in [0.2, 0.25) is 0 Å². The molecule has 3 nitrogen and oxygen atoms in total. The molecule has 0 fully saturated rings. The van der Waals surface area contributed by atoms with Crippen molar-refractivity contribution >= 4 is 16.8 Å². The number of ether oxygens (including phenoxy) is 1. The smallest absolute Gasteiger partial charge is 0.309 e. The number of hydrogen-bond donors (Lipinski definition) is 0. The highest BCUT2D eigenvalue weighted by Crippen LogP contribution is 2.22. The van der Waals surface area contributed by atoms with E-state index in [0.29, 0.717) is 0 Å². The molecule has 0 aliphatic rings. The minimum Gasteiger partial charge on any atom is -0.469 e. The third kappa shape index (κ3) is 3.19. The summed E-state index contributed by atoms with van der Waals surface area (Å²) < 4.78 is 17.1. The quantitative estimate of drug-likeness (QED) is 0.788. The molecule has 1 aromatic carbocycles. The van der Waals surface area contributed by atoms with Gasteiger partial charge in [0.25, 0.3) is 0 Å². The number of benzene rings is 1. The van der Waals surface area contributed by atoms with E-state index < -0.39 is 10.8 Å². The SMILES string of the molecule is COC(=O)C(C)C(C)S(=O)c1ccc(C)cc1C. The van der Waals surface area contributed by atoms with E-state index in [2.05, 4.69) is 0 Å². The van der Waals surface area contributed by atoms with E-state index in [0.717, 1.165) is 16.0 Å². The van der Waals surface area contributed by atoms with E-state index >= 15 is 0 Å². The van der Waals surface area contributed by atoms with Gasteiger partial charge in [0.2, 0.25) is 0 Å². The first-order chi connectivity index (χ1) is 8.38. The lowest BCUT2D eigenvalue weighted by Crippen LogP contribution is -2.28. The summed E-state index contributed by atoms with van der Waals surface area (Å²) in [6, 6.07) is 5.82. The standard InChI is InChI=1S/C14H20O3S/c1-9-6-7-13(10(2)8-9)18(16)12(4)11(3)14(15)17-5/h6-8,11-12H,1-5H3. The lowest BCUT2D eigenvalue weighted by Gasteiger charge is -2.18. The van der Waals surface area contributed by atoms with Crippen LogP contribution in [-0.4, -0.2) is 22.5 Å². The van der Waals surface area contributed by atoms with Crippen molar-refractivity contribution in [2.75, 3.05) is 7.11 Å². The minimum atomic E-state index is -1.20. The Bertz CT molecular complexity index is 468. The van der Waals surface area contributed by atoms with E-state index in [1.807, 2.05) is 39.0 Å². The van der Waals surface area contributed by atoms with Gasteiger partial charge >= 0.3 is 5.97 Å². The molecule has 0 heterocycles. The fraction of sp³-hybridized carbons (Fsp3) is 0.500. The molecule has 0 N–H and O–H groups in total. The molecule has 0 amide bonds. The molecule has 100 valence electrons. The summed E-state index contributed by atoms with van der Waals surface area (Å²) in [5.41, 5.74) is 2.14. The van der Waals surface area contributed by atoms with Gasteiger partial charge < -0.3 is 4.74 Å². The molecule has 3 unspecified atom stereocenters. The molecule has 0 radical (unpaired) electrons. The molecule has 1 rings (SSSR count). The lowest BCUT2D eigenvalue weighted by atomic mass is 10.1. The van der Waals surface area contributed by atoms with Gasteiger partial charge in [-0.15, -0.1) is 0 Å². The summed E-state index contributed by atoms with van der Waals surface area (Å²) in [6.45, 7) is 7.50. The first-order valence-electron chi connectivity index (χ1n) is 5.94. The maximum Gasteiger partial charge on any atom is 0.309 e. The predicted molar refractivity (Wildman–Crippen MR) is 73.0 cm³/mol. The summed E-state index contributed by atoms with van der Waals surface area (Å²) >= 11 is 0. The normalized spacial score (nSPS) is 15.8. The Morgan fingerprint density at radius 3 is 2.39 bits per heavy atom. The number of methoxy groups -OCH3 is 1. The molecular formula is C14H20O3S. The summed E-state index contributed by atoms with van der Waals surface area (Å²) in [5, 5.41) is -0.265. The maximum absolute atomic E-state index is 12.4. The van der Waals surface area contributed by atoms with Crippen LogP contribution in [0.25, 0.3) is 0 Å². The van der Waals surface area contributed by atoms with Crippen LogP contribution < -0.4 is 0 Å². The Balaban J connectivity index is 2.96. The first-order valence-corrected chi connectivity index (χ1v) is 7.15. The Hall–Kier alpha value is -1.16. The van der Waals surface area contributed by atoms with E-state index in [1.165, 1.54) is 7.11 Å². The van der Waals surface area contributed by atoms with Gasteiger partial charge in [0.15, 0.2) is 0 Å². The highest BCUT2D eigenvalue weighted by molar-refractivity contribution is 7.85. The highest BCUT2D eigenvalue weighted by Gasteiger charge is 2.27. The number of carbonyl (C=O) groups excluding carboxylic acids is 1. The highest BCUT2D eigenvalue weighted by atomic mass is 32.2. The molecule has 18 heavy (non-hydrogen) atoms. The number of hydrogen-bond acceptors (Lipinski definition) is 3. The second-order valence-corrected chi connectivity index (χ2v) is 6.36. The Kier molecular flexibility index (Phi) is 5.08. The molecule has 3 atom stereocenters. The predicted octanol–water partition coefficient (Wildman–Crippen LogP) is 2.61. The van der Waals surface area contributed by atoms with E-state index in [4.69, 9.17) is 4.74 Å². The van der Waals surface area contributed by atoms with Crippen molar-refractivity contribution in [3.63, 3.8) is 0 Å². The summed E-state index contributed by atoms with van der Waals surface area (Å²) in [5.74, 6) is -0.697. The van der Waals surface area contributed by atoms with Gasteiger partial charge in [-0.05, 0) is 32.4 Å². The summed E-state index contributed by atoms with van der Waals surface area (Å²) in [6.07, 6.45) is 0. The molecular weight excluding hydrogens is 248 g/mol. The van der Waals surface area contributed by atoms with Gasteiger partial charge in [-0.3, -0.25) is 9.00 Å². The van der Waals surface area contributed by atoms with E-state index in [-0.39, 0.29) is 17.1 Å². The lowest BCUT2D eigenvalue weighted by molar-refractivity contribution is -0.144. The van der Waals surface area contributed by atoms with Crippen LogP contribution in [0, 0.1) is 19.8 Å². The monoisotopic (exact) mass is 268 g/mol. The van der Waals surface area contributed by atoms with Crippen molar-refractivity contribution in [1.29, 1.82) is 0 Å². The fourth-order valence-corrected chi connectivity index (χ4v) is 3.25. The zero-order valence-electron chi connectivity index (χ0n) is 11.5. The average molecular weight is 268 g/mol. The molecule has 0 saturated carbocycles. The zero-order chi connectivity index (χ0) is 13.9. The van der Waals surface area contributed by atoms with Gasteiger partial charge in [0.1, 0.15) is 0 Å². The van der Waals surface area contributed by atoms with Crippen molar-refractivity contribution in [3.8, 4) is 0 Å². The second-order valence-electron chi connectivity index (χ2n) is 4.58. The number of rotatable bonds is 4. The van der Waals surface area contributed by atoms with Crippen molar-refractivity contribution in [3.05, 3.63) is 29.3 Å². The van der Waals surface area contributed by atoms with Crippen LogP contribution in [0.1, 0.15) is 25.0 Å². The minimum absolute atomic E-state index is 0.265. The van der Waals surface area contributed by atoms with E-state index in [1.54, 1.807) is 6.92 Å². The van der Waals surface area contributed by atoms with Crippen LogP contribution in [-0.2, 0) is 20.3 Å². The van der Waals surface area contributed by atoms with Crippen molar-refractivity contribution in [2.24, 2.45) is 5.92 Å². The first kappa shape index (κ1) is 14.9. The van der Waals surface area contributed by atoms with Crippen LogP contribution in [0.15, 0.2) is 23.1 Å². The number of aryl methyl sites for hydroxylation is 2. The van der Waals surface area contributed by atoms with Crippen molar-refractivity contribution < 1.29 is 13.7 Å². The van der Waals surface area contributed by atoms with Crippen LogP contribution in [0.3, 0.4) is 0 Å². The maximum atomic E-state index is 12.4. The molecule has 0 aliphatic heterocycles. The average Bonchev–Trinajstić information content (AvgIpc) is 2.35. The molecule has 0 saturated heterocycles. The largest absolute Gasteiger partial charge is 0.469 e. The molecule has 4 heteroatoms. The molecule has 0 spiro atoms. The fourth-order valence-electron chi connectivity index (χ4n) is 1.79. The zero-order valence-corrected chi connectivity index (χ0v) is 12.3. The second kappa shape index (κ2) is 6.14. The van der Waals surface area contributed by atoms with Gasteiger partial charge in [-0.2, -0.15) is 0 Å². The number of esters is 1. The Morgan fingerprint density at radius 2 is 1.89 bits per heavy atom. The van der Waals surface area contributed by atoms with Gasteiger partial charge in [-0.25, -0.2) is 0 Å². The molecule has 1 aromatic rings. The van der Waals surface area contributed by atoms with Crippen molar-refractivity contribution in [2.45, 2.75) is 37.8 Å². The van der Waals surface area contributed by atoms with Gasteiger partial charge in [0, 0.05) is 10.1 Å². The van der Waals surface area contributed by atoms with Crippen LogP contribution in [0.4, 0.5) is 0 Å². The topological polar surface area (TPSA) is 43.4 Å².